The van der Waals surface area contributed by atoms with E-state index in [2.05, 4.69) is 214 Å². The lowest BCUT2D eigenvalue weighted by Gasteiger charge is -2.19. The Kier molecular flexibility index (Phi) is 7.68. The van der Waals surface area contributed by atoms with Crippen LogP contribution in [0.4, 0.5) is 0 Å². The Hall–Kier alpha value is -6.84. The molecular weight excluding hydrogens is 717 g/mol. The first-order valence-corrected chi connectivity index (χ1v) is 20.8. The van der Waals surface area contributed by atoms with Crippen molar-refractivity contribution >= 4 is 65.6 Å². The van der Waals surface area contributed by atoms with Crippen LogP contribution in [0, 0.1) is 0 Å². The number of aromatic nitrogens is 2. The van der Waals surface area contributed by atoms with Gasteiger partial charge in [0, 0.05) is 43.7 Å². The topological polar surface area (TPSA) is 23.0 Å². The number of para-hydroxylation sites is 2. The summed E-state index contributed by atoms with van der Waals surface area (Å²) in [6, 6.07) is 62.4. The normalized spacial score (nSPS) is 12.6. The highest BCUT2D eigenvalue weighted by Gasteiger charge is 2.22. The van der Waals surface area contributed by atoms with Crippen LogP contribution in [0.25, 0.3) is 99.2 Å². The minimum atomic E-state index is 0.0719. The Labute approximate surface area is 344 Å². The molecule has 8 aromatic carbocycles. The Bertz CT molecular complexity index is 3340. The van der Waals surface area contributed by atoms with E-state index in [-0.39, 0.29) is 10.8 Å². The molecule has 0 aliphatic heterocycles. The fourth-order valence-corrected chi connectivity index (χ4v) is 9.19. The van der Waals surface area contributed by atoms with Crippen molar-refractivity contribution in [3.8, 4) is 33.6 Å². The quantitative estimate of drug-likeness (QED) is 0.175. The van der Waals surface area contributed by atoms with Crippen LogP contribution in [0.2, 0.25) is 0 Å². The molecular formula is C56H46N2O. The van der Waals surface area contributed by atoms with Crippen molar-refractivity contribution in [2.75, 3.05) is 0 Å². The maximum Gasteiger partial charge on any atom is 0.160 e. The highest BCUT2D eigenvalue weighted by molar-refractivity contribution is 6.21. The standard InChI is InChI=1S/C56H46N2O/c1-55(2,3)39-23-31-50-47(33-39)48-34-40(56(4,5)6)24-32-51(48)57(50)41-25-19-37(20-26-41)35-15-17-36(18-16-35)38-21-27-42(28-22-38)58-49-13-9-7-11-43(49)45-29-30-46-44-12-8-10-14-52(44)59-54(46)53(45)58/h7-34H,1-6H3. The van der Waals surface area contributed by atoms with Crippen LogP contribution in [-0.2, 0) is 10.8 Å². The van der Waals surface area contributed by atoms with E-state index in [1.807, 2.05) is 6.07 Å². The Morgan fingerprint density at radius 1 is 0.356 bits per heavy atom. The van der Waals surface area contributed by atoms with Crippen molar-refractivity contribution in [2.45, 2.75) is 52.4 Å². The van der Waals surface area contributed by atoms with E-state index in [4.69, 9.17) is 4.42 Å². The second-order valence-corrected chi connectivity index (χ2v) is 18.3. The summed E-state index contributed by atoms with van der Waals surface area (Å²) in [6.45, 7) is 13.8. The zero-order valence-electron chi connectivity index (χ0n) is 34.5. The predicted octanol–water partition coefficient (Wildman–Crippen LogP) is 15.7. The average molecular weight is 763 g/mol. The molecule has 0 N–H and O–H groups in total. The van der Waals surface area contributed by atoms with E-state index in [0.717, 1.165) is 33.1 Å². The van der Waals surface area contributed by atoms with Crippen molar-refractivity contribution in [1.29, 1.82) is 0 Å². The molecule has 0 atom stereocenters. The van der Waals surface area contributed by atoms with Gasteiger partial charge in [0.2, 0.25) is 0 Å². The van der Waals surface area contributed by atoms with Gasteiger partial charge < -0.3 is 13.6 Å². The van der Waals surface area contributed by atoms with Crippen LogP contribution >= 0.6 is 0 Å². The van der Waals surface area contributed by atoms with E-state index < -0.39 is 0 Å². The largest absolute Gasteiger partial charge is 0.454 e. The number of rotatable bonds is 4. The van der Waals surface area contributed by atoms with Gasteiger partial charge in [0.15, 0.2) is 5.58 Å². The summed E-state index contributed by atoms with van der Waals surface area (Å²) in [5.74, 6) is 0. The SMILES string of the molecule is CC(C)(C)c1ccc2c(c1)c1cc(C(C)(C)C)ccc1n2-c1ccc(-c2ccc(-c3ccc(-n4c5ccccc5c5ccc6c7ccccc7oc6c54)cc3)cc2)cc1. The van der Waals surface area contributed by atoms with Crippen LogP contribution in [0.1, 0.15) is 52.7 Å². The lowest BCUT2D eigenvalue weighted by molar-refractivity contribution is 0.590. The molecule has 0 bridgehead atoms. The maximum absolute atomic E-state index is 6.56. The Morgan fingerprint density at radius 3 is 1.34 bits per heavy atom. The van der Waals surface area contributed by atoms with E-state index in [9.17, 15) is 0 Å². The molecule has 0 saturated heterocycles. The first-order valence-electron chi connectivity index (χ1n) is 20.8. The lowest BCUT2D eigenvalue weighted by Crippen LogP contribution is -2.10. The van der Waals surface area contributed by atoms with E-state index >= 15 is 0 Å². The molecule has 0 aliphatic carbocycles. The van der Waals surface area contributed by atoms with Gasteiger partial charge in [-0.2, -0.15) is 0 Å². The molecule has 0 radical (unpaired) electrons. The van der Waals surface area contributed by atoms with Gasteiger partial charge in [0.1, 0.15) is 5.58 Å². The van der Waals surface area contributed by atoms with Gasteiger partial charge >= 0.3 is 0 Å². The van der Waals surface area contributed by atoms with Gasteiger partial charge in [-0.05, 0) is 111 Å². The highest BCUT2D eigenvalue weighted by Crippen LogP contribution is 2.41. The minimum absolute atomic E-state index is 0.0719. The van der Waals surface area contributed by atoms with Crippen LogP contribution < -0.4 is 0 Å². The summed E-state index contributed by atoms with van der Waals surface area (Å²) in [7, 11) is 0. The summed E-state index contributed by atoms with van der Waals surface area (Å²) >= 11 is 0. The average Bonchev–Trinajstić information content (AvgIpc) is 3.91. The number of hydrogen-bond donors (Lipinski definition) is 0. The maximum atomic E-state index is 6.56. The van der Waals surface area contributed by atoms with Gasteiger partial charge in [-0.25, -0.2) is 0 Å². The molecule has 0 aliphatic rings. The summed E-state index contributed by atoms with van der Waals surface area (Å²) < 4.78 is 11.4. The zero-order valence-corrected chi connectivity index (χ0v) is 34.5. The molecule has 11 aromatic rings. The van der Waals surface area contributed by atoms with Crippen molar-refractivity contribution in [2.24, 2.45) is 0 Å². The number of benzene rings is 8. The lowest BCUT2D eigenvalue weighted by atomic mass is 9.85. The van der Waals surface area contributed by atoms with Crippen molar-refractivity contribution in [3.63, 3.8) is 0 Å². The molecule has 3 aromatic heterocycles. The zero-order chi connectivity index (χ0) is 40.2. The van der Waals surface area contributed by atoms with E-state index in [1.165, 1.54) is 77.2 Å². The summed E-state index contributed by atoms with van der Waals surface area (Å²) in [4.78, 5) is 0. The molecule has 3 heteroatoms. The molecule has 0 fully saturated rings. The molecule has 0 saturated carbocycles. The third-order valence-electron chi connectivity index (χ3n) is 12.5. The predicted molar refractivity (Wildman–Crippen MR) is 251 cm³/mol. The van der Waals surface area contributed by atoms with Gasteiger partial charge in [-0.3, -0.25) is 0 Å². The number of nitrogens with zero attached hydrogens (tertiary/aromatic N) is 2. The van der Waals surface area contributed by atoms with Crippen molar-refractivity contribution < 1.29 is 4.42 Å². The molecule has 286 valence electrons. The highest BCUT2D eigenvalue weighted by atomic mass is 16.3. The summed E-state index contributed by atoms with van der Waals surface area (Å²) in [5, 5.41) is 7.31. The smallest absolute Gasteiger partial charge is 0.160 e. The number of hydrogen-bond acceptors (Lipinski definition) is 1. The second-order valence-electron chi connectivity index (χ2n) is 18.3. The van der Waals surface area contributed by atoms with E-state index in [1.54, 1.807) is 0 Å². The summed E-state index contributed by atoms with van der Waals surface area (Å²) in [6.07, 6.45) is 0. The first kappa shape index (κ1) is 35.3. The van der Waals surface area contributed by atoms with Crippen molar-refractivity contribution in [1.82, 2.24) is 9.13 Å². The number of furan rings is 1. The second kappa shape index (κ2) is 12.8. The molecule has 59 heavy (non-hydrogen) atoms. The molecule has 0 spiro atoms. The molecule has 0 unspecified atom stereocenters. The Morgan fingerprint density at radius 2 is 0.797 bits per heavy atom. The number of fused-ring (bicyclic) bond motifs is 10. The van der Waals surface area contributed by atoms with Crippen LogP contribution in [0.5, 0.6) is 0 Å². The third-order valence-corrected chi connectivity index (χ3v) is 12.5. The minimum Gasteiger partial charge on any atom is -0.454 e. The van der Waals surface area contributed by atoms with Gasteiger partial charge in [-0.15, -0.1) is 0 Å². The summed E-state index contributed by atoms with van der Waals surface area (Å²) in [5.41, 5.74) is 16.5. The Balaban J connectivity index is 0.923. The third kappa shape index (κ3) is 5.63. The van der Waals surface area contributed by atoms with Gasteiger partial charge in [0.25, 0.3) is 0 Å². The molecule has 11 rings (SSSR count). The van der Waals surface area contributed by atoms with Crippen LogP contribution in [0.15, 0.2) is 174 Å². The van der Waals surface area contributed by atoms with E-state index in [0.29, 0.717) is 0 Å². The monoisotopic (exact) mass is 762 g/mol. The van der Waals surface area contributed by atoms with Crippen molar-refractivity contribution in [3.05, 3.63) is 181 Å². The van der Waals surface area contributed by atoms with Crippen LogP contribution in [0.3, 0.4) is 0 Å². The van der Waals surface area contributed by atoms with Gasteiger partial charge in [0.05, 0.1) is 22.1 Å². The molecule has 0 amide bonds. The van der Waals surface area contributed by atoms with Gasteiger partial charge in [-0.1, -0.05) is 145 Å². The fraction of sp³-hybridized carbons (Fsp3) is 0.143. The van der Waals surface area contributed by atoms with Crippen LogP contribution in [-0.4, -0.2) is 9.13 Å². The molecule has 3 heterocycles. The first-order chi connectivity index (χ1) is 28.5. The fourth-order valence-electron chi connectivity index (χ4n) is 9.19. The molecule has 3 nitrogen and oxygen atoms in total.